The van der Waals surface area contributed by atoms with Gasteiger partial charge in [0, 0.05) is 0 Å². The van der Waals surface area contributed by atoms with Crippen LogP contribution >= 0.6 is 0 Å². The number of rotatable bonds is 16. The fourth-order valence-corrected chi connectivity index (χ4v) is 4.76. The van der Waals surface area contributed by atoms with Gasteiger partial charge < -0.3 is 45.8 Å². The minimum Gasteiger partial charge on any atom is -0.481 e. The molecule has 0 aromatic rings. The van der Waals surface area contributed by atoms with Crippen molar-refractivity contribution in [2.75, 3.05) is 0 Å². The van der Waals surface area contributed by atoms with E-state index in [2.05, 4.69) is 4.99 Å². The van der Waals surface area contributed by atoms with Crippen LogP contribution in [0.1, 0.15) is 44.9 Å². The van der Waals surface area contributed by atoms with E-state index in [0.29, 0.717) is 0 Å². The van der Waals surface area contributed by atoms with Crippen LogP contribution in [-0.4, -0.2) is 116 Å². The molecule has 1 aliphatic heterocycles. The summed E-state index contributed by atoms with van der Waals surface area (Å²) < 4.78 is 0. The first-order chi connectivity index (χ1) is 16.8. The maximum atomic E-state index is 12.5. The molecule has 0 aromatic carbocycles. The second kappa shape index (κ2) is 10.9. The molecule has 0 saturated heterocycles. The number of aliphatic imine (C=N–C) groups is 1. The lowest BCUT2D eigenvalue weighted by Crippen LogP contribution is -2.72. The summed E-state index contributed by atoms with van der Waals surface area (Å²) in [5.74, 6) is -17.0. The van der Waals surface area contributed by atoms with Gasteiger partial charge in [-0.2, -0.15) is 0 Å². The molecule has 1 heterocycles. The highest BCUT2D eigenvalue weighted by atomic mass is 16.4. The van der Waals surface area contributed by atoms with E-state index in [9.17, 15) is 79.2 Å². The first kappa shape index (κ1) is 30.3. The second-order valence-corrected chi connectivity index (χ2v) is 8.26. The molecule has 0 saturated carbocycles. The summed E-state index contributed by atoms with van der Waals surface area (Å²) in [6.07, 6.45) is -10.9. The van der Waals surface area contributed by atoms with Gasteiger partial charge in [0.25, 0.3) is 0 Å². The molecule has 1 rings (SSSR count). The number of carboxylic acids is 8. The van der Waals surface area contributed by atoms with Crippen molar-refractivity contribution < 1.29 is 79.2 Å². The quantitative estimate of drug-likeness (QED) is 0.110. The van der Waals surface area contributed by atoms with Crippen molar-refractivity contribution in [3.8, 4) is 0 Å². The molecule has 0 aromatic heterocycles. The predicted molar refractivity (Wildman–Crippen MR) is 111 cm³/mol. The van der Waals surface area contributed by atoms with Gasteiger partial charge in [0.15, 0.2) is 5.54 Å². The van der Waals surface area contributed by atoms with Gasteiger partial charge in [-0.3, -0.25) is 38.6 Å². The summed E-state index contributed by atoms with van der Waals surface area (Å²) in [6, 6.07) is 0. The Morgan fingerprint density at radius 3 is 1.24 bits per heavy atom. The monoisotopic (exact) mass is 534 g/mol. The van der Waals surface area contributed by atoms with Crippen LogP contribution in [0.2, 0.25) is 0 Å². The number of aliphatic carboxylic acids is 8. The number of hydrogen-bond acceptors (Lipinski definition) is 10. The van der Waals surface area contributed by atoms with Crippen molar-refractivity contribution in [3.05, 3.63) is 0 Å². The van der Waals surface area contributed by atoms with Gasteiger partial charge in [0.05, 0.1) is 44.1 Å². The van der Waals surface area contributed by atoms with Gasteiger partial charge in [-0.15, -0.1) is 0 Å². The highest BCUT2D eigenvalue weighted by molar-refractivity contribution is 6.04. The maximum Gasteiger partial charge on any atom is 0.330 e. The SMILES string of the molecule is O=C(O)CC1=NC(CC(=O)O)(CC(=O)O)C(CC(=O)O)(CC(=O)O)N1C(CC(=O)O)(CC(=O)O)C(=O)O. The van der Waals surface area contributed by atoms with Gasteiger partial charge in [-0.1, -0.05) is 0 Å². The Morgan fingerprint density at radius 2 is 0.973 bits per heavy atom. The molecular weight excluding hydrogens is 512 g/mol. The highest BCUT2D eigenvalue weighted by Gasteiger charge is 2.69. The highest BCUT2D eigenvalue weighted by Crippen LogP contribution is 2.53. The zero-order chi connectivity index (χ0) is 28.9. The van der Waals surface area contributed by atoms with Gasteiger partial charge in [-0.05, 0) is 0 Å². The van der Waals surface area contributed by atoms with Crippen LogP contribution in [0.3, 0.4) is 0 Å². The van der Waals surface area contributed by atoms with E-state index in [1.54, 1.807) is 0 Å². The Hall–Kier alpha value is -4.77. The van der Waals surface area contributed by atoms with E-state index in [1.165, 1.54) is 0 Å². The fourth-order valence-electron chi connectivity index (χ4n) is 4.76. The summed E-state index contributed by atoms with van der Waals surface area (Å²) in [4.78, 5) is 98.8. The maximum absolute atomic E-state index is 12.5. The molecule has 0 amide bonds. The third-order valence-corrected chi connectivity index (χ3v) is 5.69. The summed E-state index contributed by atoms with van der Waals surface area (Å²) in [6.45, 7) is 0. The number of carbonyl (C=O) groups is 8. The Labute approximate surface area is 205 Å². The van der Waals surface area contributed by atoms with Crippen molar-refractivity contribution >= 4 is 53.6 Å². The van der Waals surface area contributed by atoms with Crippen LogP contribution in [0.15, 0.2) is 4.99 Å². The molecule has 18 heteroatoms. The Kier molecular flexibility index (Phi) is 8.89. The van der Waals surface area contributed by atoms with E-state index in [0.717, 1.165) is 0 Å². The summed E-state index contributed by atoms with van der Waals surface area (Å²) in [5, 5.41) is 76.6. The molecule has 0 atom stereocenters. The average Bonchev–Trinajstić information content (AvgIpc) is 2.85. The third kappa shape index (κ3) is 6.27. The van der Waals surface area contributed by atoms with E-state index in [4.69, 9.17) is 0 Å². The zero-order valence-electron chi connectivity index (χ0n) is 18.7. The Balaban J connectivity index is 4.46. The van der Waals surface area contributed by atoms with Crippen LogP contribution in [0.5, 0.6) is 0 Å². The third-order valence-electron chi connectivity index (χ3n) is 5.69. The zero-order valence-corrected chi connectivity index (χ0v) is 18.7. The van der Waals surface area contributed by atoms with Crippen molar-refractivity contribution in [1.82, 2.24) is 4.90 Å². The van der Waals surface area contributed by atoms with Crippen molar-refractivity contribution in [2.24, 2.45) is 4.99 Å². The van der Waals surface area contributed by atoms with Crippen LogP contribution in [0.25, 0.3) is 0 Å². The minimum absolute atomic E-state index is 0.0762. The topological polar surface area (TPSA) is 314 Å². The largest absolute Gasteiger partial charge is 0.481 e. The van der Waals surface area contributed by atoms with Crippen molar-refractivity contribution in [3.63, 3.8) is 0 Å². The Bertz CT molecular complexity index is 1030. The molecule has 18 nitrogen and oxygen atoms in total. The van der Waals surface area contributed by atoms with Crippen LogP contribution in [-0.2, 0) is 38.4 Å². The minimum atomic E-state index is -3.34. The molecule has 37 heavy (non-hydrogen) atoms. The number of carboxylic acid groups (broad SMARTS) is 8. The number of hydrogen-bond donors (Lipinski definition) is 8. The molecule has 8 N–H and O–H groups in total. The fraction of sp³-hybridized carbons (Fsp3) is 0.526. The summed E-state index contributed by atoms with van der Waals surface area (Å²) in [5.41, 5.74) is -9.31. The number of amidine groups is 1. The second-order valence-electron chi connectivity index (χ2n) is 8.26. The first-order valence-electron chi connectivity index (χ1n) is 9.99. The molecular formula is C19H22N2O16. The van der Waals surface area contributed by atoms with Crippen molar-refractivity contribution in [1.29, 1.82) is 0 Å². The van der Waals surface area contributed by atoms with E-state index in [-0.39, 0.29) is 4.90 Å². The normalized spacial score (nSPS) is 15.9. The smallest absolute Gasteiger partial charge is 0.330 e. The average molecular weight is 534 g/mol. The van der Waals surface area contributed by atoms with E-state index in [1.807, 2.05) is 0 Å². The van der Waals surface area contributed by atoms with Crippen LogP contribution in [0.4, 0.5) is 0 Å². The van der Waals surface area contributed by atoms with Gasteiger partial charge in [0.1, 0.15) is 17.8 Å². The summed E-state index contributed by atoms with van der Waals surface area (Å²) in [7, 11) is 0. The van der Waals surface area contributed by atoms with E-state index < -0.39 is 115 Å². The molecule has 0 fully saturated rings. The standard InChI is InChI=1S/C19H22N2O16/c22-9(23)1-8-20-18(4-12(28)29,5-13(30)31)19(6-14(32)33,7-15(34)35)21(8)17(16(36)37,2-10(24)25)3-11(26)27/h1-7H2,(H,22,23)(H,24,25)(H,26,27)(H,28,29)(H,30,31)(H,32,33)(H,34,35)(H,36,37). The lowest BCUT2D eigenvalue weighted by atomic mass is 9.66. The molecule has 204 valence electrons. The Morgan fingerprint density at radius 1 is 0.595 bits per heavy atom. The molecule has 0 unspecified atom stereocenters. The molecule has 0 spiro atoms. The predicted octanol–water partition coefficient (Wildman–Crippen LogP) is -1.68. The van der Waals surface area contributed by atoms with E-state index >= 15 is 0 Å². The summed E-state index contributed by atoms with van der Waals surface area (Å²) >= 11 is 0. The lowest BCUT2D eigenvalue weighted by Gasteiger charge is -2.53. The molecule has 0 bridgehead atoms. The van der Waals surface area contributed by atoms with Gasteiger partial charge >= 0.3 is 47.8 Å². The first-order valence-corrected chi connectivity index (χ1v) is 9.99. The van der Waals surface area contributed by atoms with Crippen LogP contribution < -0.4 is 0 Å². The molecule has 0 aliphatic carbocycles. The van der Waals surface area contributed by atoms with Crippen LogP contribution in [0, 0.1) is 0 Å². The molecule has 0 radical (unpaired) electrons. The number of nitrogens with zero attached hydrogens (tertiary/aromatic N) is 2. The van der Waals surface area contributed by atoms with Gasteiger partial charge in [0.2, 0.25) is 0 Å². The van der Waals surface area contributed by atoms with Crippen molar-refractivity contribution in [2.45, 2.75) is 61.6 Å². The molecule has 1 aliphatic rings. The lowest BCUT2D eigenvalue weighted by molar-refractivity contribution is -0.171. The van der Waals surface area contributed by atoms with Gasteiger partial charge in [-0.25, -0.2) is 4.79 Å².